The summed E-state index contributed by atoms with van der Waals surface area (Å²) in [7, 11) is -2.29. The van der Waals surface area contributed by atoms with Gasteiger partial charge >= 0.3 is 0 Å². The first-order valence-corrected chi connectivity index (χ1v) is 15.0. The monoisotopic (exact) mass is 633 g/mol. The summed E-state index contributed by atoms with van der Waals surface area (Å²) in [5, 5.41) is 23.9. The number of rotatable bonds is 7. The van der Waals surface area contributed by atoms with Gasteiger partial charge in [-0.15, -0.1) is 10.2 Å². The predicted octanol–water partition coefficient (Wildman–Crippen LogP) is 6.21. The number of hydrogen-bond donors (Lipinski definition) is 2. The molecule has 1 aliphatic heterocycles. The summed E-state index contributed by atoms with van der Waals surface area (Å²) in [5.74, 6) is 0.306. The van der Waals surface area contributed by atoms with Crippen LogP contribution in [0, 0.1) is 0 Å². The fourth-order valence-corrected chi connectivity index (χ4v) is 6.40. The van der Waals surface area contributed by atoms with E-state index < -0.39 is 10.0 Å². The molecule has 3 aromatic carbocycles. The largest absolute Gasteiger partial charge is 0.495 e. The highest BCUT2D eigenvalue weighted by atomic mass is 35.5. The van der Waals surface area contributed by atoms with Gasteiger partial charge in [0, 0.05) is 29.2 Å². The Morgan fingerprint density at radius 2 is 1.83 bits per heavy atom. The minimum absolute atomic E-state index is 0.00123. The fraction of sp³-hybridized carbons (Fsp3) is 0.222. The van der Waals surface area contributed by atoms with Crippen LogP contribution in [0.25, 0.3) is 10.9 Å². The summed E-state index contributed by atoms with van der Waals surface area (Å²) >= 11 is 17.6. The van der Waals surface area contributed by atoms with E-state index in [2.05, 4.69) is 15.5 Å². The molecule has 0 amide bonds. The SMILES string of the molecule is COc1ccc(NC(=S)N=Nc2c(O)n(Cc3ccc(Cl)cc3)c3ccc(S(=O)(=O)N4CCOCC4)cc23)cc1Cl. The van der Waals surface area contributed by atoms with Crippen LogP contribution in [0.3, 0.4) is 0 Å². The molecule has 0 radical (unpaired) electrons. The highest BCUT2D eigenvalue weighted by molar-refractivity contribution is 7.89. The maximum Gasteiger partial charge on any atom is 0.243 e. The Kier molecular flexibility index (Phi) is 8.78. The Labute approximate surface area is 252 Å². The third-order valence-corrected chi connectivity index (χ3v) is 9.11. The number of nitrogens with zero attached hydrogens (tertiary/aromatic N) is 4. The van der Waals surface area contributed by atoms with Crippen LogP contribution in [0.2, 0.25) is 10.0 Å². The molecule has 1 saturated heterocycles. The second-order valence-corrected chi connectivity index (χ2v) is 12.2. The van der Waals surface area contributed by atoms with Gasteiger partial charge in [0.25, 0.3) is 0 Å². The molecule has 0 unspecified atom stereocenters. The van der Waals surface area contributed by atoms with Gasteiger partial charge in [-0.25, -0.2) is 8.42 Å². The van der Waals surface area contributed by atoms with Crippen LogP contribution in [-0.2, 0) is 21.3 Å². The number of aromatic hydroxyl groups is 1. The van der Waals surface area contributed by atoms with Crippen molar-refractivity contribution in [3.8, 4) is 11.6 Å². The molecule has 0 saturated carbocycles. The number of benzene rings is 3. The zero-order valence-electron chi connectivity index (χ0n) is 21.8. The van der Waals surface area contributed by atoms with E-state index in [0.29, 0.717) is 45.6 Å². The summed E-state index contributed by atoms with van der Waals surface area (Å²) in [5.41, 5.74) is 2.06. The second kappa shape index (κ2) is 12.3. The van der Waals surface area contributed by atoms with E-state index in [4.69, 9.17) is 44.9 Å². The molecule has 2 N–H and O–H groups in total. The second-order valence-electron chi connectivity index (χ2n) is 9.06. The van der Waals surface area contributed by atoms with E-state index >= 15 is 0 Å². The number of morpholine rings is 1. The number of hydrogen-bond acceptors (Lipinski definition) is 7. The van der Waals surface area contributed by atoms with Gasteiger partial charge in [0.1, 0.15) is 5.75 Å². The van der Waals surface area contributed by atoms with Crippen molar-refractivity contribution in [3.63, 3.8) is 0 Å². The summed E-state index contributed by atoms with van der Waals surface area (Å²) < 4.78 is 40.2. The van der Waals surface area contributed by atoms with Crippen LogP contribution in [0.1, 0.15) is 5.56 Å². The molecule has 41 heavy (non-hydrogen) atoms. The van der Waals surface area contributed by atoms with Crippen molar-refractivity contribution in [1.29, 1.82) is 0 Å². The lowest BCUT2D eigenvalue weighted by molar-refractivity contribution is 0.0730. The highest BCUT2D eigenvalue weighted by Gasteiger charge is 2.28. The predicted molar refractivity (Wildman–Crippen MR) is 162 cm³/mol. The van der Waals surface area contributed by atoms with Crippen molar-refractivity contribution in [1.82, 2.24) is 8.87 Å². The molecule has 214 valence electrons. The Hall–Kier alpha value is -3.26. The molecule has 0 aliphatic carbocycles. The minimum Gasteiger partial charge on any atom is -0.495 e. The zero-order chi connectivity index (χ0) is 29.1. The van der Waals surface area contributed by atoms with Crippen molar-refractivity contribution >= 4 is 72.8 Å². The molecular formula is C27H25Cl2N5O5S2. The molecule has 4 aromatic rings. The van der Waals surface area contributed by atoms with E-state index in [0.717, 1.165) is 5.56 Å². The van der Waals surface area contributed by atoms with Gasteiger partial charge in [-0.1, -0.05) is 35.3 Å². The van der Waals surface area contributed by atoms with Crippen LogP contribution in [0.5, 0.6) is 11.6 Å². The standard InChI is InChI=1S/C27H25Cl2N5O5S2/c1-38-24-9-6-19(14-22(24)29)30-27(40)32-31-25-21-15-20(41(36,37)33-10-12-39-13-11-33)7-8-23(21)34(26(25)35)16-17-2-4-18(28)5-3-17/h2-9,14-15,35H,10-13,16H2,1H3,(H,30,40). The fourth-order valence-electron chi connectivity index (χ4n) is 4.42. The average Bonchev–Trinajstić information content (AvgIpc) is 3.23. The number of anilines is 1. The molecule has 1 aromatic heterocycles. The van der Waals surface area contributed by atoms with Crippen LogP contribution in [0.4, 0.5) is 11.4 Å². The molecule has 14 heteroatoms. The van der Waals surface area contributed by atoms with E-state index in [1.807, 2.05) is 12.1 Å². The summed E-state index contributed by atoms with van der Waals surface area (Å²) in [6.45, 7) is 1.43. The van der Waals surface area contributed by atoms with Crippen molar-refractivity contribution < 1.29 is 23.0 Å². The number of sulfonamides is 1. The number of nitrogens with one attached hydrogen (secondary N) is 1. The van der Waals surface area contributed by atoms with Crippen LogP contribution in [0.15, 0.2) is 75.8 Å². The third-order valence-electron chi connectivity index (χ3n) is 6.49. The van der Waals surface area contributed by atoms with E-state index in [1.165, 1.54) is 23.5 Å². The van der Waals surface area contributed by atoms with Crippen LogP contribution >= 0.6 is 35.4 Å². The summed E-state index contributed by atoms with van der Waals surface area (Å²) in [6.07, 6.45) is 0. The Morgan fingerprint density at radius 3 is 2.51 bits per heavy atom. The molecule has 1 aliphatic rings. The Morgan fingerprint density at radius 1 is 1.10 bits per heavy atom. The first-order chi connectivity index (χ1) is 19.7. The van der Waals surface area contributed by atoms with Crippen molar-refractivity contribution in [3.05, 3.63) is 76.3 Å². The molecule has 0 atom stereocenters. The lowest BCUT2D eigenvalue weighted by Crippen LogP contribution is -2.40. The van der Waals surface area contributed by atoms with Crippen molar-refractivity contribution in [2.45, 2.75) is 11.4 Å². The number of fused-ring (bicyclic) bond motifs is 1. The zero-order valence-corrected chi connectivity index (χ0v) is 24.9. The van der Waals surface area contributed by atoms with Crippen LogP contribution in [-0.4, -0.2) is 60.9 Å². The molecule has 1 fully saturated rings. The first kappa shape index (κ1) is 29.2. The molecule has 0 spiro atoms. The smallest absolute Gasteiger partial charge is 0.243 e. The molecule has 5 rings (SSSR count). The van der Waals surface area contributed by atoms with E-state index in [-0.39, 0.29) is 41.2 Å². The quantitative estimate of drug-likeness (QED) is 0.183. The number of halogens is 2. The van der Waals surface area contributed by atoms with E-state index in [1.54, 1.807) is 41.0 Å². The van der Waals surface area contributed by atoms with Gasteiger partial charge in [-0.2, -0.15) is 4.31 Å². The van der Waals surface area contributed by atoms with Gasteiger partial charge in [-0.05, 0) is 66.3 Å². The van der Waals surface area contributed by atoms with Gasteiger partial charge in [0.2, 0.25) is 21.0 Å². The summed E-state index contributed by atoms with van der Waals surface area (Å²) in [4.78, 5) is 0.0700. The maximum atomic E-state index is 13.4. The first-order valence-electron chi connectivity index (χ1n) is 12.4. The van der Waals surface area contributed by atoms with Gasteiger partial charge < -0.3 is 24.5 Å². The van der Waals surface area contributed by atoms with Crippen molar-refractivity contribution in [2.24, 2.45) is 10.2 Å². The Balaban J connectivity index is 1.52. The number of methoxy groups -OCH3 is 1. The third kappa shape index (κ3) is 6.32. The Bertz CT molecular complexity index is 1740. The number of aromatic nitrogens is 1. The van der Waals surface area contributed by atoms with Gasteiger partial charge in [0.05, 0.1) is 42.3 Å². The lowest BCUT2D eigenvalue weighted by atomic mass is 10.2. The van der Waals surface area contributed by atoms with Crippen molar-refractivity contribution in [2.75, 3.05) is 38.7 Å². The van der Waals surface area contributed by atoms with Gasteiger partial charge in [-0.3, -0.25) is 0 Å². The number of ether oxygens (including phenoxy) is 2. The molecule has 0 bridgehead atoms. The minimum atomic E-state index is -3.80. The van der Waals surface area contributed by atoms with E-state index in [9.17, 15) is 13.5 Å². The number of azo groups is 1. The summed E-state index contributed by atoms with van der Waals surface area (Å²) in [6, 6.07) is 16.9. The number of thiocarbonyl (C=S) groups is 1. The topological polar surface area (TPSA) is 118 Å². The lowest BCUT2D eigenvalue weighted by Gasteiger charge is -2.26. The maximum absolute atomic E-state index is 13.4. The highest BCUT2D eigenvalue weighted by Crippen LogP contribution is 2.41. The average molecular weight is 635 g/mol. The van der Waals surface area contributed by atoms with Crippen LogP contribution < -0.4 is 10.1 Å². The molecular weight excluding hydrogens is 609 g/mol. The van der Waals surface area contributed by atoms with Gasteiger partial charge in [0.15, 0.2) is 5.69 Å². The molecule has 10 nitrogen and oxygen atoms in total. The normalized spacial score (nSPS) is 14.5. The molecule has 2 heterocycles.